The van der Waals surface area contributed by atoms with Gasteiger partial charge in [-0.15, -0.1) is 0 Å². The van der Waals surface area contributed by atoms with Gasteiger partial charge >= 0.3 is 0 Å². The summed E-state index contributed by atoms with van der Waals surface area (Å²) in [7, 11) is 0. The summed E-state index contributed by atoms with van der Waals surface area (Å²) in [6.07, 6.45) is 5.03. The lowest BCUT2D eigenvalue weighted by atomic mass is 9.92. The molecular formula is C12H16N4O. The largest absolute Gasteiger partial charge is 0.395 e. The maximum Gasteiger partial charge on any atom is 0.150 e. The molecule has 1 saturated carbocycles. The van der Waals surface area contributed by atoms with Gasteiger partial charge in [-0.05, 0) is 18.9 Å². The number of nitrogens with one attached hydrogen (secondary N) is 1. The third kappa shape index (κ3) is 2.48. The van der Waals surface area contributed by atoms with Crippen LogP contribution >= 0.6 is 0 Å². The molecule has 0 bridgehead atoms. The van der Waals surface area contributed by atoms with Gasteiger partial charge in [-0.3, -0.25) is 0 Å². The molecule has 0 aliphatic heterocycles. The standard InChI is InChI=1S/C12H16N4O/c13-7-8-5-6-15-12(11(8)14)16-9-3-1-2-4-10(9)17/h5-6,9-10,17H,1-4,14H2,(H,15,16). The minimum atomic E-state index is -0.365. The fraction of sp³-hybridized carbons (Fsp3) is 0.500. The Hall–Kier alpha value is -1.80. The molecule has 17 heavy (non-hydrogen) atoms. The fourth-order valence-corrected chi connectivity index (χ4v) is 2.14. The number of aliphatic hydroxyl groups is 1. The summed E-state index contributed by atoms with van der Waals surface area (Å²) in [6.45, 7) is 0. The molecule has 1 fully saturated rings. The Kier molecular flexibility index (Phi) is 3.45. The molecule has 4 N–H and O–H groups in total. The third-order valence-corrected chi connectivity index (χ3v) is 3.16. The van der Waals surface area contributed by atoms with Crippen molar-refractivity contribution in [1.82, 2.24) is 4.98 Å². The van der Waals surface area contributed by atoms with E-state index in [1.807, 2.05) is 6.07 Å². The average molecular weight is 232 g/mol. The predicted octanol–water partition coefficient (Wildman–Crippen LogP) is 1.25. The normalized spacial score (nSPS) is 24.0. The molecule has 1 aliphatic carbocycles. The maximum absolute atomic E-state index is 9.85. The van der Waals surface area contributed by atoms with E-state index in [1.165, 1.54) is 0 Å². The maximum atomic E-state index is 9.85. The van der Waals surface area contributed by atoms with Gasteiger partial charge in [-0.1, -0.05) is 12.8 Å². The minimum Gasteiger partial charge on any atom is -0.395 e. The van der Waals surface area contributed by atoms with E-state index in [2.05, 4.69) is 10.3 Å². The average Bonchev–Trinajstić information content (AvgIpc) is 2.34. The van der Waals surface area contributed by atoms with E-state index in [-0.39, 0.29) is 12.1 Å². The molecule has 0 amide bonds. The van der Waals surface area contributed by atoms with Crippen LogP contribution in [0.15, 0.2) is 12.3 Å². The first kappa shape index (κ1) is 11.7. The summed E-state index contributed by atoms with van der Waals surface area (Å²) in [5, 5.41) is 21.9. The summed E-state index contributed by atoms with van der Waals surface area (Å²) in [6, 6.07) is 3.58. The molecule has 1 aromatic heterocycles. The van der Waals surface area contributed by atoms with E-state index in [9.17, 15) is 5.11 Å². The number of hydrogen-bond acceptors (Lipinski definition) is 5. The van der Waals surface area contributed by atoms with Crippen molar-refractivity contribution in [1.29, 1.82) is 5.26 Å². The van der Waals surface area contributed by atoms with Gasteiger partial charge in [-0.25, -0.2) is 4.98 Å². The highest BCUT2D eigenvalue weighted by molar-refractivity contribution is 5.69. The van der Waals surface area contributed by atoms with Crippen LogP contribution in [0.4, 0.5) is 11.5 Å². The molecule has 5 nitrogen and oxygen atoms in total. The van der Waals surface area contributed by atoms with Crippen LogP contribution < -0.4 is 11.1 Å². The van der Waals surface area contributed by atoms with Crippen LogP contribution in [-0.4, -0.2) is 22.2 Å². The summed E-state index contributed by atoms with van der Waals surface area (Å²) >= 11 is 0. The quantitative estimate of drug-likeness (QED) is 0.713. The van der Waals surface area contributed by atoms with E-state index in [0.29, 0.717) is 17.1 Å². The Morgan fingerprint density at radius 1 is 1.47 bits per heavy atom. The zero-order valence-electron chi connectivity index (χ0n) is 9.56. The van der Waals surface area contributed by atoms with E-state index >= 15 is 0 Å². The molecule has 1 aliphatic rings. The SMILES string of the molecule is N#Cc1ccnc(NC2CCCCC2O)c1N. The first-order valence-corrected chi connectivity index (χ1v) is 5.81. The summed E-state index contributed by atoms with van der Waals surface area (Å²) in [5.74, 6) is 0.495. The number of hydrogen-bond donors (Lipinski definition) is 3. The molecule has 0 saturated heterocycles. The summed E-state index contributed by atoms with van der Waals surface area (Å²) in [4.78, 5) is 4.12. The highest BCUT2D eigenvalue weighted by atomic mass is 16.3. The lowest BCUT2D eigenvalue weighted by Crippen LogP contribution is -2.36. The third-order valence-electron chi connectivity index (χ3n) is 3.16. The molecule has 2 unspecified atom stereocenters. The second-order valence-electron chi connectivity index (χ2n) is 4.34. The Balaban J connectivity index is 2.16. The number of pyridine rings is 1. The van der Waals surface area contributed by atoms with Crippen molar-refractivity contribution >= 4 is 11.5 Å². The summed E-state index contributed by atoms with van der Waals surface area (Å²) in [5.41, 5.74) is 6.59. The Morgan fingerprint density at radius 3 is 2.94 bits per heavy atom. The highest BCUT2D eigenvalue weighted by Gasteiger charge is 2.23. The lowest BCUT2D eigenvalue weighted by Gasteiger charge is -2.29. The zero-order valence-corrected chi connectivity index (χ0v) is 9.56. The number of aromatic nitrogens is 1. The van der Waals surface area contributed by atoms with Gasteiger partial charge < -0.3 is 16.2 Å². The molecule has 0 aromatic carbocycles. The highest BCUT2D eigenvalue weighted by Crippen LogP contribution is 2.25. The van der Waals surface area contributed by atoms with Crippen LogP contribution in [0.1, 0.15) is 31.2 Å². The number of aliphatic hydroxyl groups excluding tert-OH is 1. The molecule has 0 radical (unpaired) electrons. The second kappa shape index (κ2) is 5.02. The Morgan fingerprint density at radius 2 is 2.24 bits per heavy atom. The van der Waals surface area contributed by atoms with Crippen molar-refractivity contribution in [3.63, 3.8) is 0 Å². The smallest absolute Gasteiger partial charge is 0.150 e. The molecule has 1 heterocycles. The number of rotatable bonds is 2. The van der Waals surface area contributed by atoms with Gasteiger partial charge in [0.15, 0.2) is 5.82 Å². The second-order valence-corrected chi connectivity index (χ2v) is 4.34. The van der Waals surface area contributed by atoms with Crippen molar-refractivity contribution < 1.29 is 5.11 Å². The fourth-order valence-electron chi connectivity index (χ4n) is 2.14. The topological polar surface area (TPSA) is 95.0 Å². The van der Waals surface area contributed by atoms with E-state index < -0.39 is 0 Å². The van der Waals surface area contributed by atoms with Crippen LogP contribution in [-0.2, 0) is 0 Å². The minimum absolute atomic E-state index is 0.0208. The van der Waals surface area contributed by atoms with E-state index in [1.54, 1.807) is 12.3 Å². The molecule has 5 heteroatoms. The first-order chi connectivity index (χ1) is 8.22. The Bertz CT molecular complexity index is 441. The summed E-state index contributed by atoms with van der Waals surface area (Å²) < 4.78 is 0. The number of anilines is 2. The lowest BCUT2D eigenvalue weighted by molar-refractivity contribution is 0.116. The first-order valence-electron chi connectivity index (χ1n) is 5.81. The van der Waals surface area contributed by atoms with Gasteiger partial charge in [0.1, 0.15) is 6.07 Å². The molecule has 2 rings (SSSR count). The van der Waals surface area contributed by atoms with E-state index in [0.717, 1.165) is 25.7 Å². The molecule has 1 aromatic rings. The van der Waals surface area contributed by atoms with Crippen LogP contribution in [0.25, 0.3) is 0 Å². The number of nitriles is 1. The van der Waals surface area contributed by atoms with Crippen LogP contribution in [0.3, 0.4) is 0 Å². The zero-order chi connectivity index (χ0) is 12.3. The van der Waals surface area contributed by atoms with Crippen LogP contribution in [0, 0.1) is 11.3 Å². The van der Waals surface area contributed by atoms with Gasteiger partial charge in [0.05, 0.1) is 23.4 Å². The van der Waals surface area contributed by atoms with Crippen molar-refractivity contribution in [3.8, 4) is 6.07 Å². The van der Waals surface area contributed by atoms with Crippen LogP contribution in [0.2, 0.25) is 0 Å². The predicted molar refractivity (Wildman–Crippen MR) is 65.2 cm³/mol. The van der Waals surface area contributed by atoms with Gasteiger partial charge in [0.25, 0.3) is 0 Å². The van der Waals surface area contributed by atoms with Crippen molar-refractivity contribution in [3.05, 3.63) is 17.8 Å². The molecule has 90 valence electrons. The molecular weight excluding hydrogens is 216 g/mol. The number of nitrogen functional groups attached to an aromatic ring is 1. The monoisotopic (exact) mass is 232 g/mol. The number of nitrogens with zero attached hydrogens (tertiary/aromatic N) is 2. The van der Waals surface area contributed by atoms with Crippen molar-refractivity contribution in [2.45, 2.75) is 37.8 Å². The van der Waals surface area contributed by atoms with Gasteiger partial charge in [-0.2, -0.15) is 5.26 Å². The Labute approximate surface area is 100 Å². The van der Waals surface area contributed by atoms with Gasteiger partial charge in [0.2, 0.25) is 0 Å². The van der Waals surface area contributed by atoms with Crippen LogP contribution in [0.5, 0.6) is 0 Å². The van der Waals surface area contributed by atoms with Gasteiger partial charge in [0, 0.05) is 6.20 Å². The number of nitrogens with two attached hydrogens (primary N) is 1. The molecule has 2 atom stereocenters. The van der Waals surface area contributed by atoms with E-state index in [4.69, 9.17) is 11.0 Å². The van der Waals surface area contributed by atoms with Crippen molar-refractivity contribution in [2.75, 3.05) is 11.1 Å². The van der Waals surface area contributed by atoms with Crippen molar-refractivity contribution in [2.24, 2.45) is 0 Å². The molecule has 0 spiro atoms.